The maximum Gasteiger partial charge on any atom is 0.293 e. The van der Waals surface area contributed by atoms with Gasteiger partial charge in [0.05, 0.1) is 13.3 Å². The predicted octanol–water partition coefficient (Wildman–Crippen LogP) is 1.69. The normalized spacial score (nSPS) is 17.9. The molecule has 11 heavy (non-hydrogen) atoms. The van der Waals surface area contributed by atoms with Crippen LogP contribution in [-0.2, 0) is 0 Å². The lowest BCUT2D eigenvalue weighted by molar-refractivity contribution is 0.376. The van der Waals surface area contributed by atoms with Gasteiger partial charge in [-0.3, -0.25) is 0 Å². The van der Waals surface area contributed by atoms with Crippen LogP contribution >= 0.6 is 0 Å². The minimum atomic E-state index is 0.631. The molecule has 0 radical (unpaired) electrons. The van der Waals surface area contributed by atoms with Crippen molar-refractivity contribution in [2.24, 2.45) is 0 Å². The Morgan fingerprint density at radius 1 is 1.64 bits per heavy atom. The fourth-order valence-corrected chi connectivity index (χ4v) is 1.35. The second-order valence-electron chi connectivity index (χ2n) is 2.98. The Bertz CT molecular complexity index is 240. The molecule has 1 aromatic heterocycles. The van der Waals surface area contributed by atoms with E-state index in [0.717, 1.165) is 0 Å². The third kappa shape index (κ3) is 1.11. The van der Waals surface area contributed by atoms with Gasteiger partial charge >= 0.3 is 0 Å². The lowest BCUT2D eigenvalue weighted by Crippen LogP contribution is -2.08. The van der Waals surface area contributed by atoms with Crippen molar-refractivity contribution in [3.05, 3.63) is 11.9 Å². The second-order valence-corrected chi connectivity index (χ2v) is 2.98. The summed E-state index contributed by atoms with van der Waals surface area (Å²) in [5.41, 5.74) is 1.23. The number of hydrogen-bond acceptors (Lipinski definition) is 2. The molecule has 0 spiro atoms. The molecule has 3 heteroatoms. The molecule has 0 unspecified atom stereocenters. The molecule has 1 aliphatic rings. The van der Waals surface area contributed by atoms with Gasteiger partial charge in [0, 0.05) is 11.6 Å². The molecule has 0 aliphatic heterocycles. The second kappa shape index (κ2) is 2.57. The molecular weight excluding hydrogens is 140 g/mol. The van der Waals surface area contributed by atoms with Crippen LogP contribution in [0.1, 0.15) is 30.9 Å². The van der Waals surface area contributed by atoms with E-state index in [-0.39, 0.29) is 0 Å². The molecule has 1 aromatic rings. The molecule has 0 amide bonds. The first-order valence-corrected chi connectivity index (χ1v) is 3.99. The monoisotopic (exact) mass is 152 g/mol. The number of nitrogens with one attached hydrogen (secondary N) is 1. The Morgan fingerprint density at radius 2 is 2.45 bits per heavy atom. The summed E-state index contributed by atoms with van der Waals surface area (Å²) >= 11 is 0. The SMILES string of the molecule is COc1ncc(C2CCC2)[nH]1. The van der Waals surface area contributed by atoms with E-state index in [1.165, 1.54) is 25.0 Å². The van der Waals surface area contributed by atoms with Crippen molar-refractivity contribution in [2.45, 2.75) is 25.2 Å². The van der Waals surface area contributed by atoms with Gasteiger partial charge in [0.15, 0.2) is 0 Å². The van der Waals surface area contributed by atoms with E-state index in [9.17, 15) is 0 Å². The molecule has 1 saturated carbocycles. The number of aromatic nitrogens is 2. The lowest BCUT2D eigenvalue weighted by Gasteiger charge is -2.23. The smallest absolute Gasteiger partial charge is 0.293 e. The topological polar surface area (TPSA) is 37.9 Å². The number of H-pyrrole nitrogens is 1. The molecule has 60 valence electrons. The Morgan fingerprint density at radius 3 is 2.91 bits per heavy atom. The zero-order valence-corrected chi connectivity index (χ0v) is 6.63. The average Bonchev–Trinajstić information content (AvgIpc) is 2.32. The van der Waals surface area contributed by atoms with E-state index < -0.39 is 0 Å². The average molecular weight is 152 g/mol. The first-order chi connectivity index (χ1) is 5.40. The van der Waals surface area contributed by atoms with E-state index in [0.29, 0.717) is 11.9 Å². The molecule has 1 aliphatic carbocycles. The molecular formula is C8H12N2O. The van der Waals surface area contributed by atoms with Crippen molar-refractivity contribution < 1.29 is 4.74 Å². The molecule has 0 saturated heterocycles. The highest BCUT2D eigenvalue weighted by atomic mass is 16.5. The zero-order valence-electron chi connectivity index (χ0n) is 6.63. The summed E-state index contributed by atoms with van der Waals surface area (Å²) in [5.74, 6) is 0.714. The fourth-order valence-electron chi connectivity index (χ4n) is 1.35. The van der Waals surface area contributed by atoms with Gasteiger partial charge in [-0.1, -0.05) is 6.42 Å². The molecule has 0 aromatic carbocycles. The van der Waals surface area contributed by atoms with Crippen molar-refractivity contribution in [2.75, 3.05) is 7.11 Å². The van der Waals surface area contributed by atoms with Crippen LogP contribution < -0.4 is 4.74 Å². The van der Waals surface area contributed by atoms with E-state index >= 15 is 0 Å². The molecule has 3 nitrogen and oxygen atoms in total. The summed E-state index contributed by atoms with van der Waals surface area (Å²) in [5, 5.41) is 0. The number of rotatable bonds is 2. The molecule has 1 fully saturated rings. The summed E-state index contributed by atoms with van der Waals surface area (Å²) in [7, 11) is 1.63. The standard InChI is InChI=1S/C8H12N2O/c1-11-8-9-5-7(10-8)6-3-2-4-6/h5-6H,2-4H2,1H3,(H,9,10). The number of imidazole rings is 1. The van der Waals surface area contributed by atoms with Crippen LogP contribution in [0.4, 0.5) is 0 Å². The van der Waals surface area contributed by atoms with Crippen LogP contribution in [0, 0.1) is 0 Å². The van der Waals surface area contributed by atoms with Crippen molar-refractivity contribution in [3.63, 3.8) is 0 Å². The summed E-state index contributed by atoms with van der Waals surface area (Å²) in [6, 6.07) is 0.631. The van der Waals surface area contributed by atoms with Gasteiger partial charge in [-0.2, -0.15) is 0 Å². The summed E-state index contributed by atoms with van der Waals surface area (Å²) in [6.07, 6.45) is 5.82. The molecule has 1 N–H and O–H groups in total. The van der Waals surface area contributed by atoms with Gasteiger partial charge < -0.3 is 9.72 Å². The molecule has 2 rings (SSSR count). The van der Waals surface area contributed by atoms with Crippen molar-refractivity contribution in [1.82, 2.24) is 9.97 Å². The van der Waals surface area contributed by atoms with Crippen molar-refractivity contribution in [1.29, 1.82) is 0 Å². The van der Waals surface area contributed by atoms with Crippen LogP contribution in [0.3, 0.4) is 0 Å². The fraction of sp³-hybridized carbons (Fsp3) is 0.625. The molecule has 0 bridgehead atoms. The predicted molar refractivity (Wildman–Crippen MR) is 41.7 cm³/mol. The number of ether oxygens (including phenoxy) is 1. The highest BCUT2D eigenvalue weighted by molar-refractivity contribution is 5.12. The Balaban J connectivity index is 2.11. The Kier molecular flexibility index (Phi) is 1.56. The minimum Gasteiger partial charge on any atom is -0.468 e. The van der Waals surface area contributed by atoms with E-state index in [1.807, 2.05) is 6.20 Å². The van der Waals surface area contributed by atoms with Crippen LogP contribution in [0.5, 0.6) is 6.01 Å². The van der Waals surface area contributed by atoms with Gasteiger partial charge in [-0.25, -0.2) is 4.98 Å². The zero-order chi connectivity index (χ0) is 7.68. The summed E-state index contributed by atoms with van der Waals surface area (Å²) < 4.78 is 4.95. The highest BCUT2D eigenvalue weighted by Gasteiger charge is 2.21. The Labute approximate surface area is 65.8 Å². The van der Waals surface area contributed by atoms with Crippen molar-refractivity contribution in [3.8, 4) is 6.01 Å². The third-order valence-electron chi connectivity index (χ3n) is 2.31. The van der Waals surface area contributed by atoms with Gasteiger partial charge in [-0.15, -0.1) is 0 Å². The van der Waals surface area contributed by atoms with Gasteiger partial charge in [0.25, 0.3) is 6.01 Å². The van der Waals surface area contributed by atoms with Crippen LogP contribution in [0.2, 0.25) is 0 Å². The Hall–Kier alpha value is -0.990. The van der Waals surface area contributed by atoms with Gasteiger partial charge in [0.1, 0.15) is 0 Å². The van der Waals surface area contributed by atoms with Gasteiger partial charge in [-0.05, 0) is 12.8 Å². The number of aromatic amines is 1. The maximum atomic E-state index is 4.95. The summed E-state index contributed by atoms with van der Waals surface area (Å²) in [4.78, 5) is 7.19. The van der Waals surface area contributed by atoms with E-state index in [1.54, 1.807) is 7.11 Å². The summed E-state index contributed by atoms with van der Waals surface area (Å²) in [6.45, 7) is 0. The quantitative estimate of drug-likeness (QED) is 0.700. The molecule has 1 heterocycles. The van der Waals surface area contributed by atoms with Crippen LogP contribution in [0.15, 0.2) is 6.20 Å². The van der Waals surface area contributed by atoms with Crippen LogP contribution in [-0.4, -0.2) is 17.1 Å². The first-order valence-electron chi connectivity index (χ1n) is 3.99. The van der Waals surface area contributed by atoms with Crippen LogP contribution in [0.25, 0.3) is 0 Å². The molecule has 0 atom stereocenters. The number of nitrogens with zero attached hydrogens (tertiary/aromatic N) is 1. The number of methoxy groups -OCH3 is 1. The first kappa shape index (κ1) is 6.70. The minimum absolute atomic E-state index is 0.631. The third-order valence-corrected chi connectivity index (χ3v) is 2.31. The lowest BCUT2D eigenvalue weighted by atomic mass is 9.83. The highest BCUT2D eigenvalue weighted by Crippen LogP contribution is 2.35. The van der Waals surface area contributed by atoms with E-state index in [4.69, 9.17) is 4.74 Å². The van der Waals surface area contributed by atoms with Gasteiger partial charge in [0.2, 0.25) is 0 Å². The van der Waals surface area contributed by atoms with Crippen molar-refractivity contribution >= 4 is 0 Å². The number of hydrogen-bond donors (Lipinski definition) is 1. The maximum absolute atomic E-state index is 4.95. The van der Waals surface area contributed by atoms with E-state index in [2.05, 4.69) is 9.97 Å². The largest absolute Gasteiger partial charge is 0.468 e.